The lowest BCUT2D eigenvalue weighted by molar-refractivity contribution is -0.324. The van der Waals surface area contributed by atoms with Gasteiger partial charge >= 0.3 is 0 Å². The third-order valence-electron chi connectivity index (χ3n) is 6.43. The highest BCUT2D eigenvalue weighted by atomic mass is 16.5. The predicted octanol–water partition coefficient (Wildman–Crippen LogP) is 5.55. The van der Waals surface area contributed by atoms with Crippen molar-refractivity contribution in [2.45, 2.75) is 70.2 Å². The molecule has 2 aromatic rings. The summed E-state index contributed by atoms with van der Waals surface area (Å²) in [6.45, 7) is 6.21. The largest absolute Gasteiger partial charge is 0.375 e. The molecule has 4 heteroatoms. The van der Waals surface area contributed by atoms with Crippen LogP contribution in [-0.2, 0) is 27.9 Å². The smallest absolute Gasteiger partial charge is 0.0731 e. The van der Waals surface area contributed by atoms with Crippen molar-refractivity contribution in [1.29, 1.82) is 0 Å². The van der Waals surface area contributed by atoms with E-state index in [0.717, 1.165) is 43.2 Å². The summed E-state index contributed by atoms with van der Waals surface area (Å²) in [7, 11) is 0. The molecule has 0 saturated carbocycles. The van der Waals surface area contributed by atoms with Gasteiger partial charge < -0.3 is 9.47 Å². The molecule has 0 bridgehead atoms. The lowest BCUT2D eigenvalue weighted by Crippen LogP contribution is -2.64. The van der Waals surface area contributed by atoms with Gasteiger partial charge in [0.1, 0.15) is 0 Å². The van der Waals surface area contributed by atoms with Crippen LogP contribution >= 0.6 is 0 Å². The first-order valence-electron chi connectivity index (χ1n) is 10.8. The summed E-state index contributed by atoms with van der Waals surface area (Å²) in [4.78, 5) is 0. The van der Waals surface area contributed by atoms with Gasteiger partial charge in [0.2, 0.25) is 0 Å². The maximum absolute atomic E-state index is 13.7. The number of nitrogens with zero attached hydrogens (tertiary/aromatic N) is 1. The zero-order chi connectivity index (χ0) is 20.6. The first kappa shape index (κ1) is 22.0. The van der Waals surface area contributed by atoms with E-state index >= 15 is 0 Å². The molecule has 1 aliphatic rings. The monoisotopic (exact) mass is 396 g/mol. The van der Waals surface area contributed by atoms with Gasteiger partial charge in [0.05, 0.1) is 37.5 Å². The van der Waals surface area contributed by atoms with Gasteiger partial charge in [-0.3, -0.25) is 0 Å². The second kappa shape index (κ2) is 10.4. The molecule has 0 amide bonds. The minimum absolute atomic E-state index is 0.461. The molecule has 0 N–H and O–H groups in total. The Bertz CT molecular complexity index is 662. The molecule has 2 aromatic carbocycles. The van der Waals surface area contributed by atoms with E-state index in [2.05, 4.69) is 38.1 Å². The van der Waals surface area contributed by atoms with Crippen molar-refractivity contribution in [3.8, 4) is 0 Å². The van der Waals surface area contributed by atoms with Crippen LogP contribution < -0.4 is 0 Å². The normalized spacial score (nSPS) is 25.2. The van der Waals surface area contributed by atoms with Crippen LogP contribution in [0.5, 0.6) is 0 Å². The van der Waals surface area contributed by atoms with E-state index in [9.17, 15) is 5.21 Å². The summed E-state index contributed by atoms with van der Waals surface area (Å²) in [5, 5.41) is 15.0. The van der Waals surface area contributed by atoms with E-state index in [0.29, 0.717) is 26.4 Å². The summed E-state index contributed by atoms with van der Waals surface area (Å²) in [5.41, 5.74) is 1.33. The van der Waals surface area contributed by atoms with E-state index < -0.39 is 11.1 Å². The van der Waals surface area contributed by atoms with Crippen molar-refractivity contribution in [2.24, 2.45) is 0 Å². The Morgan fingerprint density at radius 3 is 1.55 bits per heavy atom. The molecule has 1 saturated heterocycles. The second-order valence-corrected chi connectivity index (χ2v) is 8.26. The molecule has 1 aliphatic heterocycles. The molecule has 0 aromatic heterocycles. The first-order chi connectivity index (χ1) is 14.1. The van der Waals surface area contributed by atoms with Crippen molar-refractivity contribution in [3.05, 3.63) is 71.8 Å². The number of piperidine rings is 1. The number of hydroxylamine groups is 2. The number of hydrogen-bond donors (Lipinski definition) is 0. The molecule has 4 nitrogen and oxygen atoms in total. The average Bonchev–Trinajstić information content (AvgIpc) is 2.77. The van der Waals surface area contributed by atoms with Gasteiger partial charge in [-0.2, -0.15) is 0 Å². The summed E-state index contributed by atoms with van der Waals surface area (Å²) >= 11 is 0. The number of rotatable bonds is 10. The fraction of sp³-hybridized carbons (Fsp3) is 0.520. The van der Waals surface area contributed by atoms with Crippen LogP contribution in [-0.4, -0.2) is 29.4 Å². The zero-order valence-electron chi connectivity index (χ0n) is 17.8. The Hall–Kier alpha value is -1.72. The van der Waals surface area contributed by atoms with E-state index in [1.54, 1.807) is 0 Å². The van der Waals surface area contributed by atoms with E-state index in [1.807, 2.05) is 36.4 Å². The maximum Gasteiger partial charge on any atom is 0.0731 e. The SMILES string of the molecule is CC[C@]1(COCc2ccccc2)CCC[C@](CC)(COCc2ccccc2)N1[O]. The first-order valence-corrected chi connectivity index (χ1v) is 10.8. The van der Waals surface area contributed by atoms with Crippen LogP contribution in [0.3, 0.4) is 0 Å². The lowest BCUT2D eigenvalue weighted by Gasteiger charge is -2.52. The molecule has 1 radical (unpaired) electrons. The standard InChI is InChI=1S/C25H34NO3/c1-3-24(20-28-18-22-12-7-5-8-13-22)16-11-17-25(4-2,26(24)27)21-29-19-23-14-9-6-10-15-23/h5-10,12-15H,3-4,11,16-21H2,1-2H3/t24-,25-/m1/s1. The Morgan fingerprint density at radius 1 is 0.759 bits per heavy atom. The quantitative estimate of drug-likeness (QED) is 0.529. The Balaban J connectivity index is 1.63. The number of ether oxygens (including phenoxy) is 2. The molecule has 1 fully saturated rings. The number of benzene rings is 2. The van der Waals surface area contributed by atoms with E-state index in [4.69, 9.17) is 9.47 Å². The number of hydrogen-bond acceptors (Lipinski definition) is 3. The molecule has 0 aliphatic carbocycles. The van der Waals surface area contributed by atoms with Gasteiger partial charge in [0, 0.05) is 0 Å². The fourth-order valence-corrected chi connectivity index (χ4v) is 4.43. The van der Waals surface area contributed by atoms with E-state index in [1.165, 1.54) is 5.06 Å². The van der Waals surface area contributed by atoms with Gasteiger partial charge in [-0.25, -0.2) is 0 Å². The van der Waals surface area contributed by atoms with Gasteiger partial charge in [-0.1, -0.05) is 74.5 Å². The van der Waals surface area contributed by atoms with Crippen LogP contribution in [0.1, 0.15) is 57.1 Å². The molecular weight excluding hydrogens is 362 g/mol. The van der Waals surface area contributed by atoms with Gasteiger partial charge in [0.25, 0.3) is 0 Å². The van der Waals surface area contributed by atoms with Crippen LogP contribution in [0.2, 0.25) is 0 Å². The van der Waals surface area contributed by atoms with Crippen molar-refractivity contribution < 1.29 is 14.7 Å². The van der Waals surface area contributed by atoms with Crippen LogP contribution in [0.4, 0.5) is 0 Å². The summed E-state index contributed by atoms with van der Waals surface area (Å²) in [6, 6.07) is 20.3. The molecule has 2 atom stereocenters. The summed E-state index contributed by atoms with van der Waals surface area (Å²) in [6.07, 6.45) is 4.35. The van der Waals surface area contributed by atoms with Crippen molar-refractivity contribution in [3.63, 3.8) is 0 Å². The Morgan fingerprint density at radius 2 is 1.17 bits per heavy atom. The highest BCUT2D eigenvalue weighted by molar-refractivity contribution is 5.14. The molecule has 157 valence electrons. The van der Waals surface area contributed by atoms with Gasteiger partial charge in [-0.05, 0) is 43.2 Å². The molecule has 0 spiro atoms. The highest BCUT2D eigenvalue weighted by Crippen LogP contribution is 2.42. The fourth-order valence-electron chi connectivity index (χ4n) is 4.43. The van der Waals surface area contributed by atoms with Crippen LogP contribution in [0, 0.1) is 0 Å². The highest BCUT2D eigenvalue weighted by Gasteiger charge is 2.51. The zero-order valence-corrected chi connectivity index (χ0v) is 17.8. The minimum atomic E-state index is -0.473. The van der Waals surface area contributed by atoms with Crippen molar-refractivity contribution >= 4 is 0 Å². The van der Waals surface area contributed by atoms with E-state index in [-0.39, 0.29) is 0 Å². The third-order valence-corrected chi connectivity index (χ3v) is 6.43. The Kier molecular flexibility index (Phi) is 7.84. The molecule has 1 heterocycles. The maximum atomic E-state index is 13.7. The lowest BCUT2D eigenvalue weighted by atomic mass is 9.76. The summed E-state index contributed by atoms with van der Waals surface area (Å²) in [5.74, 6) is 0. The predicted molar refractivity (Wildman–Crippen MR) is 115 cm³/mol. The summed E-state index contributed by atoms with van der Waals surface area (Å²) < 4.78 is 12.1. The molecule has 3 rings (SSSR count). The topological polar surface area (TPSA) is 41.6 Å². The molecule has 29 heavy (non-hydrogen) atoms. The van der Waals surface area contributed by atoms with Crippen molar-refractivity contribution in [2.75, 3.05) is 13.2 Å². The third kappa shape index (κ3) is 5.26. The second-order valence-electron chi connectivity index (χ2n) is 8.26. The van der Waals surface area contributed by atoms with Gasteiger partial charge in [0.15, 0.2) is 0 Å². The van der Waals surface area contributed by atoms with Crippen molar-refractivity contribution in [1.82, 2.24) is 5.06 Å². The van der Waals surface area contributed by atoms with Gasteiger partial charge in [-0.15, -0.1) is 10.3 Å². The Labute approximate surface area is 175 Å². The van der Waals surface area contributed by atoms with Crippen LogP contribution in [0.15, 0.2) is 60.7 Å². The average molecular weight is 397 g/mol. The minimum Gasteiger partial charge on any atom is -0.375 e. The molecular formula is C25H34NO3. The van der Waals surface area contributed by atoms with Crippen LogP contribution in [0.25, 0.3) is 0 Å². The molecule has 0 unspecified atom stereocenters.